The Morgan fingerprint density at radius 2 is 1.50 bits per heavy atom. The maximum absolute atomic E-state index is 12.6. The normalized spacial score (nSPS) is 19.0. The summed E-state index contributed by atoms with van der Waals surface area (Å²) in [5.41, 5.74) is 0.782. The van der Waals surface area contributed by atoms with Crippen LogP contribution in [-0.4, -0.2) is 27.4 Å². The summed E-state index contributed by atoms with van der Waals surface area (Å²) in [6.45, 7) is 0. The van der Waals surface area contributed by atoms with Crippen LogP contribution in [0.3, 0.4) is 0 Å². The van der Waals surface area contributed by atoms with Crippen molar-refractivity contribution in [2.24, 2.45) is 11.8 Å². The Kier molecular flexibility index (Phi) is 6.61. The van der Waals surface area contributed by atoms with Gasteiger partial charge in [-0.15, -0.1) is 0 Å². The highest BCUT2D eigenvalue weighted by Gasteiger charge is 2.31. The van der Waals surface area contributed by atoms with E-state index in [4.69, 9.17) is 4.74 Å². The fourth-order valence-corrected chi connectivity index (χ4v) is 4.61. The number of rotatable bonds is 7. The molecule has 1 saturated carbocycles. The second-order valence-electron chi connectivity index (χ2n) is 7.16. The van der Waals surface area contributed by atoms with Crippen LogP contribution in [0.1, 0.15) is 25.7 Å². The molecule has 1 amide bonds. The first-order chi connectivity index (χ1) is 14.3. The molecule has 2 N–H and O–H groups in total. The first-order valence-electron chi connectivity index (χ1n) is 9.59. The molecule has 3 rings (SSSR count). The van der Waals surface area contributed by atoms with E-state index in [1.165, 1.54) is 31.4 Å². The predicted octanol–water partition coefficient (Wildman–Crippen LogP) is 1.99. The largest absolute Gasteiger partial charge is 0.550 e. The van der Waals surface area contributed by atoms with Crippen molar-refractivity contribution in [1.82, 2.24) is 0 Å². The third kappa shape index (κ3) is 5.10. The quantitative estimate of drug-likeness (QED) is 0.691. The molecule has 30 heavy (non-hydrogen) atoms. The van der Waals surface area contributed by atoms with E-state index in [1.807, 2.05) is 0 Å². The molecular weight excluding hydrogens is 408 g/mol. The number of amides is 1. The number of nitrogens with one attached hydrogen (secondary N) is 2. The number of ether oxygens (including phenoxy) is 1. The molecule has 1 aliphatic carbocycles. The maximum atomic E-state index is 12.6. The number of carboxylic acids is 1. The van der Waals surface area contributed by atoms with Crippen molar-refractivity contribution in [3.05, 3.63) is 48.5 Å². The monoisotopic (exact) mass is 431 g/mol. The van der Waals surface area contributed by atoms with Gasteiger partial charge in [0.1, 0.15) is 5.75 Å². The summed E-state index contributed by atoms with van der Waals surface area (Å²) in [6.07, 6.45) is 2.46. The van der Waals surface area contributed by atoms with E-state index in [9.17, 15) is 23.1 Å². The van der Waals surface area contributed by atoms with E-state index < -0.39 is 33.7 Å². The van der Waals surface area contributed by atoms with Gasteiger partial charge in [-0.25, -0.2) is 8.42 Å². The van der Waals surface area contributed by atoms with E-state index in [0.29, 0.717) is 30.0 Å². The molecule has 8 nitrogen and oxygen atoms in total. The molecule has 0 saturated heterocycles. The summed E-state index contributed by atoms with van der Waals surface area (Å²) in [4.78, 5) is 23.8. The summed E-state index contributed by atoms with van der Waals surface area (Å²) >= 11 is 0. The smallest absolute Gasteiger partial charge is 0.261 e. The highest BCUT2D eigenvalue weighted by atomic mass is 32.2. The van der Waals surface area contributed by atoms with E-state index in [-0.39, 0.29) is 4.90 Å². The average molecular weight is 431 g/mol. The van der Waals surface area contributed by atoms with Crippen molar-refractivity contribution in [1.29, 1.82) is 0 Å². The van der Waals surface area contributed by atoms with Gasteiger partial charge in [0.2, 0.25) is 5.91 Å². The Morgan fingerprint density at radius 3 is 2.07 bits per heavy atom. The molecule has 0 heterocycles. The SMILES string of the molecule is COc1ccc(NS(=O)(=O)c2ccc(NC(=O)[C@H]3CCCC[C@@H]3C(=O)[O-])cc2)cc1. The third-order valence-electron chi connectivity index (χ3n) is 5.18. The van der Waals surface area contributed by atoms with Gasteiger partial charge in [-0.3, -0.25) is 9.52 Å². The number of carbonyl (C=O) groups excluding carboxylic acids is 2. The van der Waals surface area contributed by atoms with Crippen LogP contribution in [0.25, 0.3) is 0 Å². The fraction of sp³-hybridized carbons (Fsp3) is 0.333. The minimum absolute atomic E-state index is 0.0293. The van der Waals surface area contributed by atoms with Gasteiger partial charge in [-0.2, -0.15) is 0 Å². The van der Waals surface area contributed by atoms with Gasteiger partial charge >= 0.3 is 0 Å². The van der Waals surface area contributed by atoms with Crippen LogP contribution >= 0.6 is 0 Å². The summed E-state index contributed by atoms with van der Waals surface area (Å²) in [7, 11) is -2.29. The van der Waals surface area contributed by atoms with Gasteiger partial charge in [0.15, 0.2) is 0 Å². The molecule has 0 aliphatic heterocycles. The van der Waals surface area contributed by atoms with E-state index >= 15 is 0 Å². The highest BCUT2D eigenvalue weighted by molar-refractivity contribution is 7.92. The lowest BCUT2D eigenvalue weighted by Gasteiger charge is -2.31. The summed E-state index contributed by atoms with van der Waals surface area (Å²) in [6, 6.07) is 12.1. The fourth-order valence-electron chi connectivity index (χ4n) is 3.55. The highest BCUT2D eigenvalue weighted by Crippen LogP contribution is 2.31. The predicted molar refractivity (Wildman–Crippen MR) is 109 cm³/mol. The lowest BCUT2D eigenvalue weighted by atomic mass is 9.78. The van der Waals surface area contributed by atoms with Crippen LogP contribution in [0.5, 0.6) is 5.75 Å². The van der Waals surface area contributed by atoms with Crippen LogP contribution in [0, 0.1) is 11.8 Å². The molecule has 160 valence electrons. The lowest BCUT2D eigenvalue weighted by molar-refractivity contribution is -0.313. The summed E-state index contributed by atoms with van der Waals surface area (Å²) in [5.74, 6) is -2.44. The molecule has 2 aromatic carbocycles. The molecule has 2 atom stereocenters. The number of benzene rings is 2. The van der Waals surface area contributed by atoms with Crippen LogP contribution in [0.4, 0.5) is 11.4 Å². The minimum Gasteiger partial charge on any atom is -0.550 e. The molecule has 0 unspecified atom stereocenters. The zero-order chi connectivity index (χ0) is 21.7. The topological polar surface area (TPSA) is 125 Å². The Hall–Kier alpha value is -3.07. The second-order valence-corrected chi connectivity index (χ2v) is 8.85. The molecular formula is C21H23N2O6S-. The zero-order valence-corrected chi connectivity index (χ0v) is 17.3. The molecule has 0 radical (unpaired) electrons. The van der Waals surface area contributed by atoms with Gasteiger partial charge in [0.25, 0.3) is 10.0 Å². The van der Waals surface area contributed by atoms with Gasteiger partial charge in [-0.1, -0.05) is 12.8 Å². The standard InChI is InChI=1S/C21H24N2O6S/c1-29-16-10-6-15(7-11-16)23-30(27,28)17-12-8-14(9-13-17)22-20(24)18-4-2-3-5-19(18)21(25)26/h6-13,18-19,23H,2-5H2,1H3,(H,22,24)(H,25,26)/p-1/t18-,19-/m0/s1. The first-order valence-corrected chi connectivity index (χ1v) is 11.1. The van der Waals surface area contributed by atoms with Crippen LogP contribution in [0.15, 0.2) is 53.4 Å². The number of carbonyl (C=O) groups is 2. The first kappa shape index (κ1) is 21.6. The van der Waals surface area contributed by atoms with Crippen LogP contribution < -0.4 is 19.9 Å². The number of carboxylic acid groups (broad SMARTS) is 1. The van der Waals surface area contributed by atoms with Gasteiger partial charge in [0, 0.05) is 29.2 Å². The average Bonchev–Trinajstić information content (AvgIpc) is 2.74. The number of anilines is 2. The Morgan fingerprint density at radius 1 is 0.933 bits per heavy atom. The Balaban J connectivity index is 1.67. The van der Waals surface area contributed by atoms with Crippen molar-refractivity contribution in [2.45, 2.75) is 30.6 Å². The van der Waals surface area contributed by atoms with Crippen molar-refractivity contribution < 1.29 is 27.9 Å². The molecule has 1 aliphatic rings. The second kappa shape index (κ2) is 9.17. The van der Waals surface area contributed by atoms with E-state index in [1.54, 1.807) is 24.3 Å². The van der Waals surface area contributed by atoms with Crippen molar-refractivity contribution in [3.8, 4) is 5.75 Å². The third-order valence-corrected chi connectivity index (χ3v) is 6.58. The summed E-state index contributed by atoms with van der Waals surface area (Å²) in [5, 5.41) is 14.0. The molecule has 1 fully saturated rings. The lowest BCUT2D eigenvalue weighted by Crippen LogP contribution is -2.42. The molecule has 0 bridgehead atoms. The number of hydrogen-bond donors (Lipinski definition) is 2. The van der Waals surface area contributed by atoms with Gasteiger partial charge in [-0.05, 0) is 61.4 Å². The molecule has 0 aromatic heterocycles. The van der Waals surface area contributed by atoms with E-state index in [2.05, 4.69) is 10.0 Å². The van der Waals surface area contributed by atoms with Gasteiger partial charge in [0.05, 0.1) is 12.0 Å². The van der Waals surface area contributed by atoms with Crippen molar-refractivity contribution >= 4 is 33.3 Å². The maximum Gasteiger partial charge on any atom is 0.261 e. The van der Waals surface area contributed by atoms with Crippen LogP contribution in [-0.2, 0) is 19.6 Å². The number of hydrogen-bond acceptors (Lipinski definition) is 6. The van der Waals surface area contributed by atoms with Crippen LogP contribution in [0.2, 0.25) is 0 Å². The van der Waals surface area contributed by atoms with Crippen molar-refractivity contribution in [2.75, 3.05) is 17.1 Å². The van der Waals surface area contributed by atoms with Gasteiger partial charge < -0.3 is 20.0 Å². The minimum atomic E-state index is -3.81. The number of methoxy groups -OCH3 is 1. The number of sulfonamides is 1. The Bertz CT molecular complexity index is 1000. The molecule has 0 spiro atoms. The summed E-state index contributed by atoms with van der Waals surface area (Å²) < 4.78 is 32.6. The molecule has 9 heteroatoms. The molecule has 2 aromatic rings. The zero-order valence-electron chi connectivity index (χ0n) is 16.5. The van der Waals surface area contributed by atoms with E-state index in [0.717, 1.165) is 12.8 Å². The van der Waals surface area contributed by atoms with Crippen molar-refractivity contribution in [3.63, 3.8) is 0 Å². The Labute approximate surface area is 175 Å². The number of aliphatic carboxylic acids is 1.